The maximum absolute atomic E-state index is 12.2. The highest BCUT2D eigenvalue weighted by atomic mass is 32.1. The molecule has 152 valence electrons. The van der Waals surface area contributed by atoms with Gasteiger partial charge in [0.1, 0.15) is 0 Å². The molecule has 0 saturated carbocycles. The van der Waals surface area contributed by atoms with Gasteiger partial charge in [-0.25, -0.2) is 15.2 Å². The minimum Gasteiger partial charge on any atom is -0.451 e. The number of carbonyl (C=O) groups is 2. The lowest BCUT2D eigenvalue weighted by Crippen LogP contribution is -2.26. The van der Waals surface area contributed by atoms with E-state index >= 15 is 0 Å². The molecule has 0 aliphatic heterocycles. The van der Waals surface area contributed by atoms with E-state index in [4.69, 9.17) is 4.74 Å². The molecule has 0 saturated heterocycles. The van der Waals surface area contributed by atoms with Gasteiger partial charge in [-0.05, 0) is 0 Å². The van der Waals surface area contributed by atoms with Crippen LogP contribution in [0.1, 0.15) is 21.6 Å². The number of carbonyl (C=O) groups excluding carboxylic acids is 2. The van der Waals surface area contributed by atoms with Gasteiger partial charge in [0.05, 0.1) is 5.71 Å². The van der Waals surface area contributed by atoms with Crippen molar-refractivity contribution in [3.8, 4) is 0 Å². The normalized spacial score (nSPS) is 10.0. The SMILES string of the molecule is C=CCNc1nc(C(=O)OCC(=O)NN=C(c2ccccc2)c2ccccc2)cs1. The van der Waals surface area contributed by atoms with Crippen LogP contribution in [0.4, 0.5) is 5.13 Å². The van der Waals surface area contributed by atoms with Gasteiger partial charge in [0.15, 0.2) is 17.4 Å². The summed E-state index contributed by atoms with van der Waals surface area (Å²) < 4.78 is 5.03. The predicted octanol–water partition coefficient (Wildman–Crippen LogP) is 3.47. The van der Waals surface area contributed by atoms with E-state index < -0.39 is 18.5 Å². The van der Waals surface area contributed by atoms with Crippen molar-refractivity contribution in [3.63, 3.8) is 0 Å². The summed E-state index contributed by atoms with van der Waals surface area (Å²) in [6, 6.07) is 19.0. The number of rotatable bonds is 9. The monoisotopic (exact) mass is 420 g/mol. The minimum absolute atomic E-state index is 0.136. The molecule has 3 aromatic rings. The average Bonchev–Trinajstić information content (AvgIpc) is 3.27. The Hall–Kier alpha value is -3.78. The second-order valence-corrected chi connectivity index (χ2v) is 6.87. The van der Waals surface area contributed by atoms with Crippen LogP contribution in [0.25, 0.3) is 0 Å². The number of esters is 1. The first kappa shape index (κ1) is 20.9. The van der Waals surface area contributed by atoms with Gasteiger partial charge in [-0.2, -0.15) is 5.10 Å². The Morgan fingerprint density at radius 3 is 2.30 bits per heavy atom. The fourth-order valence-corrected chi connectivity index (χ4v) is 3.14. The Kier molecular flexibility index (Phi) is 7.45. The first-order valence-corrected chi connectivity index (χ1v) is 10.00. The summed E-state index contributed by atoms with van der Waals surface area (Å²) in [5, 5.41) is 9.37. The molecule has 3 rings (SSSR count). The van der Waals surface area contributed by atoms with Crippen LogP contribution in [0.3, 0.4) is 0 Å². The quantitative estimate of drug-likeness (QED) is 0.239. The number of hydrogen-bond acceptors (Lipinski definition) is 7. The van der Waals surface area contributed by atoms with Crippen LogP contribution < -0.4 is 10.7 Å². The molecule has 0 aliphatic rings. The van der Waals surface area contributed by atoms with Crippen molar-refractivity contribution in [2.45, 2.75) is 0 Å². The van der Waals surface area contributed by atoms with Crippen LogP contribution in [0.2, 0.25) is 0 Å². The summed E-state index contributed by atoms with van der Waals surface area (Å²) >= 11 is 1.27. The number of nitrogens with zero attached hydrogens (tertiary/aromatic N) is 2. The van der Waals surface area contributed by atoms with Gasteiger partial charge >= 0.3 is 5.97 Å². The highest BCUT2D eigenvalue weighted by Crippen LogP contribution is 2.15. The number of thiazole rings is 1. The predicted molar refractivity (Wildman–Crippen MR) is 118 cm³/mol. The van der Waals surface area contributed by atoms with Crippen LogP contribution in [-0.2, 0) is 9.53 Å². The van der Waals surface area contributed by atoms with E-state index in [0.717, 1.165) is 11.1 Å². The second-order valence-electron chi connectivity index (χ2n) is 6.01. The maximum Gasteiger partial charge on any atom is 0.358 e. The molecule has 2 aromatic carbocycles. The zero-order chi connectivity index (χ0) is 21.2. The Labute approximate surface area is 178 Å². The Morgan fingerprint density at radius 1 is 1.07 bits per heavy atom. The largest absolute Gasteiger partial charge is 0.451 e. The number of aromatic nitrogens is 1. The topological polar surface area (TPSA) is 92.7 Å². The first-order valence-electron chi connectivity index (χ1n) is 9.12. The molecule has 1 heterocycles. The molecular weight excluding hydrogens is 400 g/mol. The summed E-state index contributed by atoms with van der Waals surface area (Å²) in [4.78, 5) is 28.3. The van der Waals surface area contributed by atoms with E-state index in [9.17, 15) is 9.59 Å². The zero-order valence-corrected chi connectivity index (χ0v) is 16.9. The van der Waals surface area contributed by atoms with Crippen molar-refractivity contribution >= 4 is 34.1 Å². The van der Waals surface area contributed by atoms with Crippen molar-refractivity contribution in [3.05, 3.63) is 95.5 Å². The molecule has 30 heavy (non-hydrogen) atoms. The fraction of sp³-hybridized carbons (Fsp3) is 0.0909. The number of nitrogens with one attached hydrogen (secondary N) is 2. The van der Waals surface area contributed by atoms with Gasteiger partial charge in [-0.15, -0.1) is 17.9 Å². The molecule has 1 aromatic heterocycles. The molecule has 0 atom stereocenters. The van der Waals surface area contributed by atoms with Gasteiger partial charge in [0.2, 0.25) is 0 Å². The second kappa shape index (κ2) is 10.7. The molecule has 0 radical (unpaired) electrons. The Morgan fingerprint density at radius 2 is 1.70 bits per heavy atom. The number of amides is 1. The van der Waals surface area contributed by atoms with Crippen molar-refractivity contribution in [2.75, 3.05) is 18.5 Å². The van der Waals surface area contributed by atoms with E-state index in [1.54, 1.807) is 11.5 Å². The maximum atomic E-state index is 12.2. The van der Waals surface area contributed by atoms with Crippen LogP contribution in [0.5, 0.6) is 0 Å². The lowest BCUT2D eigenvalue weighted by molar-refractivity contribution is -0.124. The number of benzene rings is 2. The van der Waals surface area contributed by atoms with Crippen LogP contribution >= 0.6 is 11.3 Å². The van der Waals surface area contributed by atoms with Crippen molar-refractivity contribution < 1.29 is 14.3 Å². The number of hydrogen-bond donors (Lipinski definition) is 2. The van der Waals surface area contributed by atoms with Crippen LogP contribution in [0.15, 0.2) is 83.8 Å². The summed E-state index contributed by atoms with van der Waals surface area (Å²) in [6.45, 7) is 3.67. The van der Waals surface area contributed by atoms with E-state index in [0.29, 0.717) is 17.4 Å². The van der Waals surface area contributed by atoms with Crippen molar-refractivity contribution in [1.82, 2.24) is 10.4 Å². The van der Waals surface area contributed by atoms with E-state index in [2.05, 4.69) is 27.4 Å². The molecule has 8 heteroatoms. The first-order chi connectivity index (χ1) is 14.7. The summed E-state index contributed by atoms with van der Waals surface area (Å²) in [5.41, 5.74) is 4.89. The molecule has 0 fully saturated rings. The van der Waals surface area contributed by atoms with E-state index in [-0.39, 0.29) is 5.69 Å². The summed E-state index contributed by atoms with van der Waals surface area (Å²) in [5.74, 6) is -1.23. The highest BCUT2D eigenvalue weighted by Gasteiger charge is 2.14. The van der Waals surface area contributed by atoms with E-state index in [1.165, 1.54) is 11.3 Å². The third-order valence-corrected chi connectivity index (χ3v) is 4.63. The van der Waals surface area contributed by atoms with E-state index in [1.807, 2.05) is 60.7 Å². The van der Waals surface area contributed by atoms with Gasteiger partial charge in [0, 0.05) is 23.1 Å². The smallest absolute Gasteiger partial charge is 0.358 e. The van der Waals surface area contributed by atoms with Gasteiger partial charge in [0.25, 0.3) is 5.91 Å². The number of ether oxygens (including phenoxy) is 1. The van der Waals surface area contributed by atoms with Crippen LogP contribution in [-0.4, -0.2) is 35.7 Å². The van der Waals surface area contributed by atoms with Crippen LogP contribution in [0, 0.1) is 0 Å². The van der Waals surface area contributed by atoms with Gasteiger partial charge in [-0.3, -0.25) is 4.79 Å². The molecule has 2 N–H and O–H groups in total. The lowest BCUT2D eigenvalue weighted by Gasteiger charge is -2.08. The molecule has 7 nitrogen and oxygen atoms in total. The van der Waals surface area contributed by atoms with Crippen molar-refractivity contribution in [2.24, 2.45) is 5.10 Å². The average molecular weight is 420 g/mol. The molecule has 0 bridgehead atoms. The number of hydrazone groups is 1. The molecular formula is C22H20N4O3S. The third-order valence-electron chi connectivity index (χ3n) is 3.83. The molecule has 0 unspecified atom stereocenters. The zero-order valence-electron chi connectivity index (χ0n) is 16.1. The fourth-order valence-electron chi connectivity index (χ4n) is 2.45. The molecule has 0 aliphatic carbocycles. The highest BCUT2D eigenvalue weighted by molar-refractivity contribution is 7.13. The minimum atomic E-state index is -0.677. The van der Waals surface area contributed by atoms with Gasteiger partial charge in [-0.1, -0.05) is 66.7 Å². The Bertz CT molecular complexity index is 991. The van der Waals surface area contributed by atoms with Gasteiger partial charge < -0.3 is 10.1 Å². The number of anilines is 1. The molecule has 1 amide bonds. The third kappa shape index (κ3) is 5.86. The Balaban J connectivity index is 1.61. The standard InChI is InChI=1S/C22H20N4O3S/c1-2-13-23-22-24-18(15-30-22)21(28)29-14-19(27)25-26-20(16-9-5-3-6-10-16)17-11-7-4-8-12-17/h2-12,15H,1,13-14H2,(H,23,24)(H,25,27). The lowest BCUT2D eigenvalue weighted by atomic mass is 10.0. The molecule has 0 spiro atoms. The summed E-state index contributed by atoms with van der Waals surface area (Å²) in [6.07, 6.45) is 1.68. The van der Waals surface area contributed by atoms with Crippen molar-refractivity contribution in [1.29, 1.82) is 0 Å². The summed E-state index contributed by atoms with van der Waals surface area (Å²) in [7, 11) is 0.